The number of morpholine rings is 1. The Hall–Kier alpha value is -2.65. The van der Waals surface area contributed by atoms with Gasteiger partial charge in [-0.1, -0.05) is 13.8 Å². The van der Waals surface area contributed by atoms with Crippen LogP contribution >= 0.6 is 0 Å². The van der Waals surface area contributed by atoms with Gasteiger partial charge in [-0.2, -0.15) is 0 Å². The molecule has 3 rings (SSSR count). The molecule has 148 valence electrons. The fourth-order valence-corrected chi connectivity index (χ4v) is 3.26. The van der Waals surface area contributed by atoms with Crippen LogP contribution in [0.1, 0.15) is 25.1 Å². The molecule has 9 nitrogen and oxygen atoms in total. The Bertz CT molecular complexity index is 827. The third-order valence-corrected chi connectivity index (χ3v) is 4.51. The normalized spacial score (nSPS) is 15.2. The number of nitrogens with zero attached hydrogens (tertiary/aromatic N) is 2. The number of aromatic amines is 1. The molecule has 1 unspecified atom stereocenters. The Morgan fingerprint density at radius 3 is 2.59 bits per heavy atom. The van der Waals surface area contributed by atoms with Crippen molar-refractivity contribution >= 4 is 28.2 Å². The number of ether oxygens (including phenoxy) is 1. The fraction of sp³-hybridized carbons (Fsp3) is 0.500. The number of anilines is 1. The van der Waals surface area contributed by atoms with Gasteiger partial charge in [0, 0.05) is 25.2 Å². The summed E-state index contributed by atoms with van der Waals surface area (Å²) in [4.78, 5) is 27.6. The van der Waals surface area contributed by atoms with Gasteiger partial charge in [-0.05, 0) is 24.6 Å². The van der Waals surface area contributed by atoms with Gasteiger partial charge in [0.15, 0.2) is 0 Å². The van der Waals surface area contributed by atoms with E-state index in [0.717, 1.165) is 0 Å². The van der Waals surface area contributed by atoms with Gasteiger partial charge in [-0.3, -0.25) is 14.9 Å². The molecule has 1 saturated heterocycles. The minimum Gasteiger partial charge on any atom is -0.480 e. The third kappa shape index (κ3) is 4.20. The summed E-state index contributed by atoms with van der Waals surface area (Å²) in [6, 6.07) is 2.39. The number of nitrogens with one attached hydrogen (secondary N) is 1. The summed E-state index contributed by atoms with van der Waals surface area (Å²) in [6.45, 7) is 7.93. The zero-order valence-corrected chi connectivity index (χ0v) is 15.8. The highest BCUT2D eigenvalue weighted by Gasteiger charge is 2.29. The molecular formula is C18H26N4O5. The van der Waals surface area contributed by atoms with Crippen molar-refractivity contribution in [2.24, 2.45) is 5.73 Å². The number of H-pyrrole nitrogens is 1. The second-order valence-electron chi connectivity index (χ2n) is 6.09. The van der Waals surface area contributed by atoms with Gasteiger partial charge in [-0.25, -0.2) is 0 Å². The number of rotatable bonds is 5. The lowest BCUT2D eigenvalue weighted by molar-refractivity contribution is -0.382. The van der Waals surface area contributed by atoms with E-state index in [9.17, 15) is 14.9 Å². The van der Waals surface area contributed by atoms with Crippen molar-refractivity contribution < 1.29 is 19.6 Å². The van der Waals surface area contributed by atoms with Crippen LogP contribution in [0, 0.1) is 17.0 Å². The van der Waals surface area contributed by atoms with E-state index in [4.69, 9.17) is 15.6 Å². The number of nitrogens with two attached hydrogens (primary N) is 1. The Morgan fingerprint density at radius 1 is 1.41 bits per heavy atom. The van der Waals surface area contributed by atoms with Crippen LogP contribution in [0.4, 0.5) is 11.4 Å². The molecule has 0 amide bonds. The predicted molar refractivity (Wildman–Crippen MR) is 103 cm³/mol. The van der Waals surface area contributed by atoms with Crippen molar-refractivity contribution in [3.8, 4) is 0 Å². The first-order valence-electron chi connectivity index (χ1n) is 8.99. The lowest BCUT2D eigenvalue weighted by Crippen LogP contribution is -2.36. The average molecular weight is 378 g/mol. The quantitative estimate of drug-likeness (QED) is 0.536. The Kier molecular flexibility index (Phi) is 6.75. The topological polar surface area (TPSA) is 135 Å². The minimum atomic E-state index is -1.14. The SMILES string of the molecule is CC.Cc1[nH]c2ccc(N3CCOCC3)c([N+](=O)[O-])c2c1CC(N)C(=O)O. The van der Waals surface area contributed by atoms with Crippen LogP contribution in [0.25, 0.3) is 10.9 Å². The first-order chi connectivity index (χ1) is 12.9. The standard InChI is InChI=1S/C16H20N4O5.C2H6/c1-9-10(8-11(17)16(21)22)14-12(18-9)2-3-13(15(14)20(23)24)19-4-6-25-7-5-19;1-2/h2-3,11,18H,4-8,17H2,1H3,(H,21,22);1-2H3. The minimum absolute atomic E-state index is 0.0173. The van der Waals surface area contributed by atoms with Gasteiger partial charge < -0.3 is 25.5 Å². The van der Waals surface area contributed by atoms with Gasteiger partial charge in [0.05, 0.1) is 29.0 Å². The molecule has 0 spiro atoms. The van der Waals surface area contributed by atoms with E-state index in [-0.39, 0.29) is 12.1 Å². The Balaban J connectivity index is 0.00000126. The van der Waals surface area contributed by atoms with E-state index in [1.807, 2.05) is 18.7 Å². The highest BCUT2D eigenvalue weighted by Crippen LogP contribution is 2.39. The molecular weight excluding hydrogens is 352 g/mol. The van der Waals surface area contributed by atoms with Crippen molar-refractivity contribution in [2.45, 2.75) is 33.2 Å². The van der Waals surface area contributed by atoms with Crippen LogP contribution in [-0.4, -0.2) is 53.3 Å². The van der Waals surface area contributed by atoms with Crippen LogP contribution in [0.2, 0.25) is 0 Å². The molecule has 1 aromatic heterocycles. The van der Waals surface area contributed by atoms with Gasteiger partial charge in [0.2, 0.25) is 0 Å². The lowest BCUT2D eigenvalue weighted by Gasteiger charge is -2.28. The maximum atomic E-state index is 11.8. The van der Waals surface area contributed by atoms with Crippen LogP contribution in [0.5, 0.6) is 0 Å². The van der Waals surface area contributed by atoms with E-state index in [1.54, 1.807) is 19.1 Å². The summed E-state index contributed by atoms with van der Waals surface area (Å²) in [5.74, 6) is -1.14. The van der Waals surface area contributed by atoms with Crippen LogP contribution in [0.3, 0.4) is 0 Å². The largest absolute Gasteiger partial charge is 0.480 e. The number of aryl methyl sites for hydroxylation is 1. The summed E-state index contributed by atoms with van der Waals surface area (Å²) in [5.41, 5.74) is 8.04. The molecule has 1 atom stereocenters. The van der Waals surface area contributed by atoms with Crippen molar-refractivity contribution in [1.29, 1.82) is 0 Å². The van der Waals surface area contributed by atoms with Crippen molar-refractivity contribution in [3.05, 3.63) is 33.5 Å². The summed E-state index contributed by atoms with van der Waals surface area (Å²) < 4.78 is 5.32. The zero-order valence-electron chi connectivity index (χ0n) is 15.8. The predicted octanol–water partition coefficient (Wildman–Crippen LogP) is 2.20. The van der Waals surface area contributed by atoms with Crippen molar-refractivity contribution in [2.75, 3.05) is 31.2 Å². The molecule has 4 N–H and O–H groups in total. The van der Waals surface area contributed by atoms with Crippen LogP contribution in [0.15, 0.2) is 12.1 Å². The van der Waals surface area contributed by atoms with Crippen LogP contribution in [-0.2, 0) is 16.0 Å². The molecule has 2 aromatic rings. The lowest BCUT2D eigenvalue weighted by atomic mass is 10.0. The molecule has 1 aromatic carbocycles. The smallest absolute Gasteiger partial charge is 0.320 e. The molecule has 27 heavy (non-hydrogen) atoms. The molecule has 0 saturated carbocycles. The number of benzene rings is 1. The van der Waals surface area contributed by atoms with Crippen molar-refractivity contribution in [1.82, 2.24) is 4.98 Å². The summed E-state index contributed by atoms with van der Waals surface area (Å²) in [5, 5.41) is 21.4. The number of nitro groups is 1. The summed E-state index contributed by atoms with van der Waals surface area (Å²) in [6.07, 6.45) is 0.0224. The monoisotopic (exact) mass is 378 g/mol. The first-order valence-corrected chi connectivity index (χ1v) is 8.99. The molecule has 1 aliphatic rings. The first kappa shape index (κ1) is 20.7. The van der Waals surface area contributed by atoms with Gasteiger partial charge in [0.1, 0.15) is 11.7 Å². The second kappa shape index (κ2) is 8.83. The molecule has 0 radical (unpaired) electrons. The number of hydrogen-bond donors (Lipinski definition) is 3. The maximum absolute atomic E-state index is 11.8. The molecule has 2 heterocycles. The number of aromatic nitrogens is 1. The zero-order chi connectivity index (χ0) is 20.1. The van der Waals surface area contributed by atoms with E-state index < -0.39 is 16.9 Å². The number of carbonyl (C=O) groups is 1. The molecule has 9 heteroatoms. The van der Waals surface area contributed by atoms with Gasteiger partial charge in [0.25, 0.3) is 0 Å². The van der Waals surface area contributed by atoms with Crippen LogP contribution < -0.4 is 10.6 Å². The fourth-order valence-electron chi connectivity index (χ4n) is 3.26. The molecule has 0 bridgehead atoms. The summed E-state index contributed by atoms with van der Waals surface area (Å²) >= 11 is 0. The van der Waals surface area contributed by atoms with E-state index in [2.05, 4.69) is 4.98 Å². The number of aliphatic carboxylic acids is 1. The third-order valence-electron chi connectivity index (χ3n) is 4.51. The average Bonchev–Trinajstić information content (AvgIpc) is 2.98. The van der Waals surface area contributed by atoms with Crippen molar-refractivity contribution in [3.63, 3.8) is 0 Å². The second-order valence-corrected chi connectivity index (χ2v) is 6.09. The van der Waals surface area contributed by atoms with E-state index in [1.165, 1.54) is 0 Å². The van der Waals surface area contributed by atoms with E-state index in [0.29, 0.717) is 54.2 Å². The summed E-state index contributed by atoms with van der Waals surface area (Å²) in [7, 11) is 0. The highest BCUT2D eigenvalue weighted by molar-refractivity contribution is 5.99. The number of fused-ring (bicyclic) bond motifs is 1. The Morgan fingerprint density at radius 2 is 2.04 bits per heavy atom. The number of nitro benzene ring substituents is 1. The number of hydrogen-bond acceptors (Lipinski definition) is 6. The van der Waals surface area contributed by atoms with E-state index >= 15 is 0 Å². The number of carboxylic acid groups (broad SMARTS) is 1. The molecule has 0 aliphatic carbocycles. The molecule has 1 fully saturated rings. The number of carboxylic acids is 1. The maximum Gasteiger partial charge on any atom is 0.320 e. The molecule has 1 aliphatic heterocycles. The Labute approximate surface area is 157 Å². The van der Waals surface area contributed by atoms with Gasteiger partial charge >= 0.3 is 11.7 Å². The highest BCUT2D eigenvalue weighted by atomic mass is 16.6. The van der Waals surface area contributed by atoms with Gasteiger partial charge in [-0.15, -0.1) is 0 Å².